The molecular weight excluding hydrogens is 164 g/mol. The summed E-state index contributed by atoms with van der Waals surface area (Å²) in [6.45, 7) is 0. The van der Waals surface area contributed by atoms with Crippen molar-refractivity contribution in [1.29, 1.82) is 0 Å². The molecule has 1 atom stereocenters. The summed E-state index contributed by atoms with van der Waals surface area (Å²) in [4.78, 5) is 4.13. The Morgan fingerprint density at radius 3 is 2.77 bits per heavy atom. The minimum absolute atomic E-state index is 0.165. The lowest BCUT2D eigenvalue weighted by atomic mass is 10.1. The average molecular weight is 178 g/mol. The lowest BCUT2D eigenvalue weighted by Gasteiger charge is -2.09. The Bertz CT molecular complexity index is 279. The molecule has 1 aliphatic rings. The Morgan fingerprint density at radius 1 is 1.54 bits per heavy atom. The first kappa shape index (κ1) is 8.51. The van der Waals surface area contributed by atoms with Crippen LogP contribution in [-0.4, -0.2) is 12.1 Å². The van der Waals surface area contributed by atoms with Gasteiger partial charge in [-0.2, -0.15) is 0 Å². The molecule has 0 saturated heterocycles. The molecule has 2 rings (SSSR count). The lowest BCUT2D eigenvalue weighted by Crippen LogP contribution is -2.12. The molecule has 70 valence electrons. The third-order valence-corrected chi connectivity index (χ3v) is 2.48. The molecule has 0 radical (unpaired) electrons. The number of ether oxygens (including phenoxy) is 1. The summed E-state index contributed by atoms with van der Waals surface area (Å²) in [5.74, 6) is 1.32. The molecule has 0 spiro atoms. The van der Waals surface area contributed by atoms with Crippen LogP contribution >= 0.6 is 0 Å². The summed E-state index contributed by atoms with van der Waals surface area (Å²) < 4.78 is 4.97. The van der Waals surface area contributed by atoms with Crippen LogP contribution in [-0.2, 0) is 0 Å². The first-order valence-electron chi connectivity index (χ1n) is 4.57. The van der Waals surface area contributed by atoms with E-state index in [9.17, 15) is 0 Å². The van der Waals surface area contributed by atoms with Crippen LogP contribution in [0.3, 0.4) is 0 Å². The first-order chi connectivity index (χ1) is 6.31. The van der Waals surface area contributed by atoms with Crippen LogP contribution in [0.4, 0.5) is 0 Å². The smallest absolute Gasteiger partial charge is 0.212 e. The van der Waals surface area contributed by atoms with Crippen molar-refractivity contribution in [1.82, 2.24) is 4.98 Å². The SMILES string of the molecule is COc1ccc(C(N)C2CC2)cn1. The van der Waals surface area contributed by atoms with Gasteiger partial charge in [-0.3, -0.25) is 0 Å². The molecule has 1 aromatic heterocycles. The Kier molecular flexibility index (Phi) is 2.19. The second-order valence-electron chi connectivity index (χ2n) is 3.50. The van der Waals surface area contributed by atoms with Gasteiger partial charge in [-0.05, 0) is 24.3 Å². The Hall–Kier alpha value is -1.09. The molecule has 2 N–H and O–H groups in total. The first-order valence-corrected chi connectivity index (χ1v) is 4.57. The van der Waals surface area contributed by atoms with E-state index in [1.807, 2.05) is 18.3 Å². The summed E-state index contributed by atoms with van der Waals surface area (Å²) in [6, 6.07) is 4.02. The van der Waals surface area contributed by atoms with E-state index in [0.717, 1.165) is 5.56 Å². The molecule has 3 heteroatoms. The number of nitrogens with two attached hydrogens (primary N) is 1. The second kappa shape index (κ2) is 3.34. The van der Waals surface area contributed by atoms with E-state index in [1.54, 1.807) is 7.11 Å². The van der Waals surface area contributed by atoms with Gasteiger partial charge in [-0.15, -0.1) is 0 Å². The van der Waals surface area contributed by atoms with Gasteiger partial charge in [0.25, 0.3) is 0 Å². The minimum Gasteiger partial charge on any atom is -0.481 e. The average Bonchev–Trinajstić information content (AvgIpc) is 3.00. The number of rotatable bonds is 3. The zero-order valence-corrected chi connectivity index (χ0v) is 7.73. The van der Waals surface area contributed by atoms with E-state index in [0.29, 0.717) is 11.8 Å². The second-order valence-corrected chi connectivity index (χ2v) is 3.50. The van der Waals surface area contributed by atoms with Gasteiger partial charge in [0.2, 0.25) is 5.88 Å². The third-order valence-electron chi connectivity index (χ3n) is 2.48. The molecule has 1 unspecified atom stereocenters. The summed E-state index contributed by atoms with van der Waals surface area (Å²) in [7, 11) is 1.61. The van der Waals surface area contributed by atoms with E-state index < -0.39 is 0 Å². The Balaban J connectivity index is 2.11. The van der Waals surface area contributed by atoms with Crippen LogP contribution in [0.25, 0.3) is 0 Å². The number of pyridine rings is 1. The minimum atomic E-state index is 0.165. The van der Waals surface area contributed by atoms with Crippen molar-refractivity contribution in [2.24, 2.45) is 11.7 Å². The summed E-state index contributed by atoms with van der Waals surface area (Å²) >= 11 is 0. The topological polar surface area (TPSA) is 48.1 Å². The van der Waals surface area contributed by atoms with Crippen LogP contribution in [0, 0.1) is 5.92 Å². The van der Waals surface area contributed by atoms with Crippen LogP contribution in [0.1, 0.15) is 24.4 Å². The molecule has 0 aliphatic heterocycles. The molecule has 0 bridgehead atoms. The predicted octanol–water partition coefficient (Wildman–Crippen LogP) is 1.50. The highest BCUT2D eigenvalue weighted by molar-refractivity contribution is 5.21. The summed E-state index contributed by atoms with van der Waals surface area (Å²) in [5.41, 5.74) is 7.13. The maximum atomic E-state index is 6.01. The molecule has 3 nitrogen and oxygen atoms in total. The fourth-order valence-electron chi connectivity index (χ4n) is 1.44. The zero-order chi connectivity index (χ0) is 9.26. The zero-order valence-electron chi connectivity index (χ0n) is 7.73. The van der Waals surface area contributed by atoms with Gasteiger partial charge in [0.05, 0.1) is 7.11 Å². The van der Waals surface area contributed by atoms with Gasteiger partial charge in [0.15, 0.2) is 0 Å². The Morgan fingerprint density at radius 2 is 2.31 bits per heavy atom. The number of hydrogen-bond acceptors (Lipinski definition) is 3. The summed E-state index contributed by atoms with van der Waals surface area (Å²) in [6.07, 6.45) is 4.32. The monoisotopic (exact) mass is 178 g/mol. The predicted molar refractivity (Wildman–Crippen MR) is 50.4 cm³/mol. The van der Waals surface area contributed by atoms with Gasteiger partial charge >= 0.3 is 0 Å². The van der Waals surface area contributed by atoms with Crippen LogP contribution < -0.4 is 10.5 Å². The maximum absolute atomic E-state index is 6.01. The van der Waals surface area contributed by atoms with Crippen molar-refractivity contribution in [3.8, 4) is 5.88 Å². The molecule has 13 heavy (non-hydrogen) atoms. The fraction of sp³-hybridized carbons (Fsp3) is 0.500. The molecule has 0 aromatic carbocycles. The lowest BCUT2D eigenvalue weighted by molar-refractivity contribution is 0.397. The number of hydrogen-bond donors (Lipinski definition) is 1. The molecule has 1 aliphatic carbocycles. The van der Waals surface area contributed by atoms with E-state index >= 15 is 0 Å². The number of nitrogens with zero attached hydrogens (tertiary/aromatic N) is 1. The van der Waals surface area contributed by atoms with Crippen LogP contribution in [0.15, 0.2) is 18.3 Å². The van der Waals surface area contributed by atoms with Gasteiger partial charge in [0, 0.05) is 18.3 Å². The maximum Gasteiger partial charge on any atom is 0.212 e. The number of methoxy groups -OCH3 is 1. The molecule has 0 amide bonds. The van der Waals surface area contributed by atoms with Gasteiger partial charge in [-0.25, -0.2) is 4.98 Å². The van der Waals surface area contributed by atoms with Crippen molar-refractivity contribution >= 4 is 0 Å². The normalized spacial score (nSPS) is 18.3. The van der Waals surface area contributed by atoms with Crippen molar-refractivity contribution in [2.75, 3.05) is 7.11 Å². The molecule has 1 saturated carbocycles. The van der Waals surface area contributed by atoms with Gasteiger partial charge in [0.1, 0.15) is 0 Å². The highest BCUT2D eigenvalue weighted by atomic mass is 16.5. The van der Waals surface area contributed by atoms with E-state index in [2.05, 4.69) is 4.98 Å². The van der Waals surface area contributed by atoms with Crippen molar-refractivity contribution < 1.29 is 4.74 Å². The van der Waals surface area contributed by atoms with Crippen LogP contribution in [0.5, 0.6) is 5.88 Å². The van der Waals surface area contributed by atoms with Crippen molar-refractivity contribution in [3.63, 3.8) is 0 Å². The number of aromatic nitrogens is 1. The van der Waals surface area contributed by atoms with Crippen molar-refractivity contribution in [2.45, 2.75) is 18.9 Å². The highest BCUT2D eigenvalue weighted by Gasteiger charge is 2.29. The van der Waals surface area contributed by atoms with Crippen LogP contribution in [0.2, 0.25) is 0 Å². The standard InChI is InChI=1S/C10H14N2O/c1-13-9-5-4-8(6-12-9)10(11)7-2-3-7/h4-7,10H,2-3,11H2,1H3. The van der Waals surface area contributed by atoms with Crippen molar-refractivity contribution in [3.05, 3.63) is 23.9 Å². The van der Waals surface area contributed by atoms with E-state index in [-0.39, 0.29) is 6.04 Å². The molecule has 1 aromatic rings. The highest BCUT2D eigenvalue weighted by Crippen LogP contribution is 2.39. The van der Waals surface area contributed by atoms with Gasteiger partial charge < -0.3 is 10.5 Å². The molecule has 1 heterocycles. The largest absolute Gasteiger partial charge is 0.481 e. The summed E-state index contributed by atoms with van der Waals surface area (Å²) in [5, 5.41) is 0. The van der Waals surface area contributed by atoms with E-state index in [4.69, 9.17) is 10.5 Å². The molecular formula is C10H14N2O. The van der Waals surface area contributed by atoms with E-state index in [1.165, 1.54) is 12.8 Å². The third kappa shape index (κ3) is 1.80. The molecule has 1 fully saturated rings. The fourth-order valence-corrected chi connectivity index (χ4v) is 1.44. The Labute approximate surface area is 77.9 Å². The van der Waals surface area contributed by atoms with Gasteiger partial charge in [-0.1, -0.05) is 6.07 Å². The quantitative estimate of drug-likeness (QED) is 0.763.